The Morgan fingerprint density at radius 1 is 1.07 bits per heavy atom. The van der Waals surface area contributed by atoms with Crippen LogP contribution < -0.4 is 29.0 Å². The van der Waals surface area contributed by atoms with Gasteiger partial charge in [-0.1, -0.05) is 0 Å². The summed E-state index contributed by atoms with van der Waals surface area (Å²) in [5, 5.41) is 2.59. The van der Waals surface area contributed by atoms with E-state index in [4.69, 9.17) is 18.9 Å². The molecular formula is C17H18N2O7S. The maximum atomic E-state index is 12.5. The topological polar surface area (TPSA) is 112 Å². The molecule has 0 fully saturated rings. The Labute approximate surface area is 156 Å². The first kappa shape index (κ1) is 18.8. The fraction of sp³-hybridized carbons (Fsp3) is 0.235. The highest BCUT2D eigenvalue weighted by atomic mass is 32.2. The van der Waals surface area contributed by atoms with Gasteiger partial charge in [-0.15, -0.1) is 0 Å². The number of benzene rings is 2. The van der Waals surface area contributed by atoms with Gasteiger partial charge in [-0.2, -0.15) is 0 Å². The van der Waals surface area contributed by atoms with Gasteiger partial charge in [-0.05, 0) is 24.3 Å². The highest BCUT2D eigenvalue weighted by Gasteiger charge is 2.21. The van der Waals surface area contributed by atoms with E-state index in [0.29, 0.717) is 22.9 Å². The number of amides is 1. The van der Waals surface area contributed by atoms with Crippen molar-refractivity contribution in [2.75, 3.05) is 32.9 Å². The fourth-order valence-corrected chi connectivity index (χ4v) is 3.55. The van der Waals surface area contributed by atoms with Crippen LogP contribution in [0, 0.1) is 0 Å². The average molecular weight is 394 g/mol. The summed E-state index contributed by atoms with van der Waals surface area (Å²) >= 11 is 0. The molecule has 2 aromatic carbocycles. The summed E-state index contributed by atoms with van der Waals surface area (Å²) in [5.74, 6) is 1.12. The third kappa shape index (κ3) is 4.23. The molecule has 0 aromatic heterocycles. The number of carbonyl (C=O) groups is 1. The van der Waals surface area contributed by atoms with Crippen molar-refractivity contribution >= 4 is 21.6 Å². The molecule has 3 rings (SSSR count). The van der Waals surface area contributed by atoms with Crippen molar-refractivity contribution in [2.24, 2.45) is 0 Å². The molecule has 10 heteroatoms. The Morgan fingerprint density at radius 2 is 1.85 bits per heavy atom. The van der Waals surface area contributed by atoms with Gasteiger partial charge in [-0.25, -0.2) is 13.1 Å². The monoisotopic (exact) mass is 394 g/mol. The van der Waals surface area contributed by atoms with Crippen LogP contribution >= 0.6 is 0 Å². The van der Waals surface area contributed by atoms with E-state index in [0.717, 1.165) is 0 Å². The zero-order valence-electron chi connectivity index (χ0n) is 14.6. The van der Waals surface area contributed by atoms with Gasteiger partial charge in [0.25, 0.3) is 0 Å². The predicted molar refractivity (Wildman–Crippen MR) is 95.9 cm³/mol. The zero-order valence-corrected chi connectivity index (χ0v) is 15.5. The summed E-state index contributed by atoms with van der Waals surface area (Å²) in [4.78, 5) is 12.0. The summed E-state index contributed by atoms with van der Waals surface area (Å²) < 4.78 is 47.7. The predicted octanol–water partition coefficient (Wildman–Crippen LogP) is 1.35. The van der Waals surface area contributed by atoms with Crippen molar-refractivity contribution < 1.29 is 32.2 Å². The van der Waals surface area contributed by atoms with Gasteiger partial charge in [0.1, 0.15) is 16.4 Å². The molecule has 0 spiro atoms. The normalized spacial score (nSPS) is 12.5. The van der Waals surface area contributed by atoms with Crippen LogP contribution in [0.3, 0.4) is 0 Å². The van der Waals surface area contributed by atoms with Crippen molar-refractivity contribution in [3.8, 4) is 23.0 Å². The second-order valence-electron chi connectivity index (χ2n) is 5.46. The second kappa shape index (κ2) is 7.72. The fourth-order valence-electron chi connectivity index (χ4n) is 2.41. The minimum Gasteiger partial charge on any atom is -0.497 e. The first-order valence-electron chi connectivity index (χ1n) is 7.84. The van der Waals surface area contributed by atoms with Crippen LogP contribution in [-0.4, -0.2) is 41.9 Å². The number of fused-ring (bicyclic) bond motifs is 1. The maximum absolute atomic E-state index is 12.5. The molecule has 27 heavy (non-hydrogen) atoms. The Bertz CT molecular complexity index is 960. The number of methoxy groups -OCH3 is 2. The number of nitrogens with one attached hydrogen (secondary N) is 2. The first-order chi connectivity index (χ1) is 12.9. The van der Waals surface area contributed by atoms with Crippen molar-refractivity contribution in [3.63, 3.8) is 0 Å². The summed E-state index contributed by atoms with van der Waals surface area (Å²) in [6, 6.07) is 9.17. The molecule has 2 aromatic rings. The van der Waals surface area contributed by atoms with Gasteiger partial charge in [0.2, 0.25) is 22.7 Å². The molecule has 2 N–H and O–H groups in total. The van der Waals surface area contributed by atoms with E-state index in [1.807, 2.05) is 0 Å². The van der Waals surface area contributed by atoms with E-state index in [2.05, 4.69) is 10.0 Å². The van der Waals surface area contributed by atoms with E-state index in [1.165, 1.54) is 32.4 Å². The van der Waals surface area contributed by atoms with Crippen molar-refractivity contribution in [3.05, 3.63) is 36.4 Å². The SMILES string of the molecule is COc1ccc(S(=O)(=O)NCC(=O)Nc2ccc3c(c2)OCO3)c(OC)c1. The molecule has 1 heterocycles. The molecule has 0 saturated carbocycles. The van der Waals surface area contributed by atoms with E-state index < -0.39 is 22.5 Å². The minimum atomic E-state index is -3.96. The Balaban J connectivity index is 1.65. The van der Waals surface area contributed by atoms with Gasteiger partial charge in [0.15, 0.2) is 11.5 Å². The maximum Gasteiger partial charge on any atom is 0.244 e. The third-order valence-electron chi connectivity index (χ3n) is 3.74. The van der Waals surface area contributed by atoms with Crippen LogP contribution in [-0.2, 0) is 14.8 Å². The molecule has 9 nitrogen and oxygen atoms in total. The summed E-state index contributed by atoms with van der Waals surface area (Å²) in [7, 11) is -1.15. The van der Waals surface area contributed by atoms with Gasteiger partial charge < -0.3 is 24.3 Å². The van der Waals surface area contributed by atoms with Crippen LogP contribution in [0.4, 0.5) is 5.69 Å². The zero-order chi connectivity index (χ0) is 19.4. The van der Waals surface area contributed by atoms with Gasteiger partial charge in [-0.3, -0.25) is 4.79 Å². The molecular weight excluding hydrogens is 376 g/mol. The molecule has 0 aliphatic carbocycles. The van der Waals surface area contributed by atoms with Crippen LogP contribution in [0.2, 0.25) is 0 Å². The molecule has 0 bridgehead atoms. The van der Waals surface area contributed by atoms with Crippen molar-refractivity contribution in [2.45, 2.75) is 4.90 Å². The second-order valence-corrected chi connectivity index (χ2v) is 7.19. The van der Waals surface area contributed by atoms with Gasteiger partial charge in [0.05, 0.1) is 20.8 Å². The lowest BCUT2D eigenvalue weighted by molar-refractivity contribution is -0.115. The minimum absolute atomic E-state index is 0.0957. The average Bonchev–Trinajstić information content (AvgIpc) is 3.13. The molecule has 1 amide bonds. The molecule has 0 atom stereocenters. The number of hydrogen-bond acceptors (Lipinski definition) is 7. The Kier molecular flexibility index (Phi) is 5.38. The molecule has 1 aliphatic heterocycles. The molecule has 1 aliphatic rings. The van der Waals surface area contributed by atoms with Gasteiger partial charge >= 0.3 is 0 Å². The molecule has 0 radical (unpaired) electrons. The van der Waals surface area contributed by atoms with E-state index >= 15 is 0 Å². The summed E-state index contributed by atoms with van der Waals surface area (Å²) in [6.07, 6.45) is 0. The van der Waals surface area contributed by atoms with Crippen LogP contribution in [0.5, 0.6) is 23.0 Å². The number of sulfonamides is 1. The lowest BCUT2D eigenvalue weighted by atomic mass is 10.3. The summed E-state index contributed by atoms with van der Waals surface area (Å²) in [5.41, 5.74) is 0.463. The number of carbonyl (C=O) groups excluding carboxylic acids is 1. The first-order valence-corrected chi connectivity index (χ1v) is 9.32. The van der Waals surface area contributed by atoms with Crippen LogP contribution in [0.15, 0.2) is 41.3 Å². The third-order valence-corrected chi connectivity index (χ3v) is 5.18. The highest BCUT2D eigenvalue weighted by Crippen LogP contribution is 2.34. The highest BCUT2D eigenvalue weighted by molar-refractivity contribution is 7.89. The van der Waals surface area contributed by atoms with Crippen molar-refractivity contribution in [1.82, 2.24) is 4.72 Å². The van der Waals surface area contributed by atoms with Crippen LogP contribution in [0.25, 0.3) is 0 Å². The standard InChI is InChI=1S/C17H18N2O7S/c1-23-12-4-6-16(15(8-12)24-2)27(21,22)18-9-17(20)19-11-3-5-13-14(7-11)26-10-25-13/h3-8,18H,9-10H2,1-2H3,(H,19,20). The Morgan fingerprint density at radius 3 is 2.59 bits per heavy atom. The van der Waals surface area contributed by atoms with E-state index in [9.17, 15) is 13.2 Å². The van der Waals surface area contributed by atoms with Gasteiger partial charge in [0, 0.05) is 17.8 Å². The smallest absolute Gasteiger partial charge is 0.244 e. The molecule has 0 unspecified atom stereocenters. The number of ether oxygens (including phenoxy) is 4. The van der Waals surface area contributed by atoms with Crippen LogP contribution in [0.1, 0.15) is 0 Å². The van der Waals surface area contributed by atoms with E-state index in [1.54, 1.807) is 18.2 Å². The van der Waals surface area contributed by atoms with Crippen molar-refractivity contribution in [1.29, 1.82) is 0 Å². The molecule has 144 valence electrons. The molecule has 0 saturated heterocycles. The lowest BCUT2D eigenvalue weighted by Gasteiger charge is -2.12. The number of hydrogen-bond donors (Lipinski definition) is 2. The number of anilines is 1. The lowest BCUT2D eigenvalue weighted by Crippen LogP contribution is -2.33. The Hall–Kier alpha value is -2.98. The summed E-state index contributed by atoms with van der Waals surface area (Å²) in [6.45, 7) is -0.331. The number of rotatable bonds is 7. The van der Waals surface area contributed by atoms with E-state index in [-0.39, 0.29) is 17.4 Å². The quantitative estimate of drug-likeness (QED) is 0.729. The largest absolute Gasteiger partial charge is 0.497 e.